The third-order valence-electron chi connectivity index (χ3n) is 2.33. The van der Waals surface area contributed by atoms with Crippen LogP contribution in [0.3, 0.4) is 0 Å². The number of halogens is 1. The van der Waals surface area contributed by atoms with E-state index in [2.05, 4.69) is 20.3 Å². The van der Waals surface area contributed by atoms with Gasteiger partial charge in [0.1, 0.15) is 18.1 Å². The van der Waals surface area contributed by atoms with Crippen LogP contribution in [0.4, 0.5) is 10.2 Å². The summed E-state index contributed by atoms with van der Waals surface area (Å²) in [6.45, 7) is 5.21. The van der Waals surface area contributed by atoms with Crippen molar-refractivity contribution in [2.24, 2.45) is 0 Å². The van der Waals surface area contributed by atoms with Gasteiger partial charge in [-0.25, -0.2) is 19.3 Å². The Balaban J connectivity index is 2.18. The third kappa shape index (κ3) is 2.41. The number of rotatable bonds is 3. The maximum absolute atomic E-state index is 13.6. The lowest BCUT2D eigenvalue weighted by atomic mass is 10.3. The van der Waals surface area contributed by atoms with E-state index >= 15 is 0 Å². The average Bonchev–Trinajstić information content (AvgIpc) is 2.72. The molecule has 6 heteroatoms. The molecule has 0 aromatic carbocycles. The van der Waals surface area contributed by atoms with Crippen LogP contribution in [0, 0.1) is 19.7 Å². The van der Waals surface area contributed by atoms with Crippen LogP contribution < -0.4 is 5.32 Å². The van der Waals surface area contributed by atoms with Crippen molar-refractivity contribution in [3.63, 3.8) is 0 Å². The number of hydrogen-bond acceptors (Lipinski definition) is 5. The van der Waals surface area contributed by atoms with Crippen LogP contribution in [0.25, 0.3) is 0 Å². The van der Waals surface area contributed by atoms with Gasteiger partial charge < -0.3 is 9.73 Å². The number of hydrogen-bond donors (Lipinski definition) is 1. The zero-order valence-corrected chi connectivity index (χ0v) is 9.86. The highest BCUT2D eigenvalue weighted by molar-refractivity contribution is 5.38. The Bertz CT molecular complexity index is 526. The summed E-state index contributed by atoms with van der Waals surface area (Å²) in [5.41, 5.74) is 0.304. The average molecular weight is 236 g/mol. The molecule has 2 heterocycles. The topological polar surface area (TPSA) is 63.8 Å². The van der Waals surface area contributed by atoms with E-state index in [1.54, 1.807) is 20.0 Å². The minimum Gasteiger partial charge on any atom is -0.444 e. The molecule has 0 radical (unpaired) electrons. The van der Waals surface area contributed by atoms with Gasteiger partial charge in [0, 0.05) is 0 Å². The summed E-state index contributed by atoms with van der Waals surface area (Å²) in [6.07, 6.45) is 2.93. The van der Waals surface area contributed by atoms with Crippen molar-refractivity contribution in [1.29, 1.82) is 0 Å². The molecule has 2 aromatic rings. The summed E-state index contributed by atoms with van der Waals surface area (Å²) in [5.74, 6) is 0.912. The largest absolute Gasteiger partial charge is 0.444 e. The third-order valence-corrected chi connectivity index (χ3v) is 2.33. The highest BCUT2D eigenvalue weighted by Gasteiger charge is 2.15. The molecule has 0 aliphatic rings. The second kappa shape index (κ2) is 4.48. The molecular formula is C11H13FN4O. The zero-order chi connectivity index (χ0) is 12.4. The molecule has 1 N–H and O–H groups in total. The Morgan fingerprint density at radius 2 is 2.06 bits per heavy atom. The second-order valence-corrected chi connectivity index (χ2v) is 3.80. The van der Waals surface area contributed by atoms with E-state index in [1.165, 1.54) is 6.33 Å². The fourth-order valence-corrected chi connectivity index (χ4v) is 1.40. The van der Waals surface area contributed by atoms with Crippen LogP contribution in [-0.4, -0.2) is 15.0 Å². The summed E-state index contributed by atoms with van der Waals surface area (Å²) in [7, 11) is 0. The Morgan fingerprint density at radius 3 is 2.71 bits per heavy atom. The Hall–Kier alpha value is -1.98. The van der Waals surface area contributed by atoms with Crippen LogP contribution in [0.15, 0.2) is 16.9 Å². The van der Waals surface area contributed by atoms with Gasteiger partial charge in [-0.15, -0.1) is 0 Å². The van der Waals surface area contributed by atoms with Crippen LogP contribution in [0.2, 0.25) is 0 Å². The Morgan fingerprint density at radius 1 is 1.29 bits per heavy atom. The summed E-state index contributed by atoms with van der Waals surface area (Å²) in [5, 5.41) is 2.90. The maximum Gasteiger partial charge on any atom is 0.216 e. The lowest BCUT2D eigenvalue weighted by Gasteiger charge is -2.11. The number of nitrogens with one attached hydrogen (secondary N) is 1. The molecule has 0 saturated carbocycles. The summed E-state index contributed by atoms with van der Waals surface area (Å²) < 4.78 is 19.0. The van der Waals surface area contributed by atoms with E-state index in [0.717, 1.165) is 0 Å². The minimum absolute atomic E-state index is 0.154. The van der Waals surface area contributed by atoms with Crippen LogP contribution in [-0.2, 0) is 0 Å². The number of nitrogens with zero attached hydrogens (tertiary/aromatic N) is 3. The molecule has 90 valence electrons. The minimum atomic E-state index is -0.456. The highest BCUT2D eigenvalue weighted by atomic mass is 19.1. The molecule has 1 unspecified atom stereocenters. The predicted molar refractivity (Wildman–Crippen MR) is 60.0 cm³/mol. The van der Waals surface area contributed by atoms with E-state index in [4.69, 9.17) is 4.42 Å². The Kier molecular flexibility index (Phi) is 3.03. The zero-order valence-electron chi connectivity index (χ0n) is 9.86. The van der Waals surface area contributed by atoms with Gasteiger partial charge in [-0.3, -0.25) is 0 Å². The van der Waals surface area contributed by atoms with Crippen LogP contribution in [0.1, 0.15) is 30.3 Å². The van der Waals surface area contributed by atoms with Gasteiger partial charge in [0.05, 0.1) is 11.9 Å². The molecule has 0 amide bonds. The monoisotopic (exact) mass is 236 g/mol. The van der Waals surface area contributed by atoms with E-state index in [9.17, 15) is 4.39 Å². The molecule has 0 aliphatic heterocycles. The van der Waals surface area contributed by atoms with Crippen molar-refractivity contribution in [1.82, 2.24) is 15.0 Å². The van der Waals surface area contributed by atoms with E-state index in [1.807, 2.05) is 6.92 Å². The molecule has 17 heavy (non-hydrogen) atoms. The molecule has 2 rings (SSSR count). The standard InChI is InChI=1S/C11H13FN4O/c1-6-4-13-11(17-6)8(3)16-10-9(12)7(2)14-5-15-10/h4-5,8H,1-3H3,(H,14,15,16). The number of oxazole rings is 1. The second-order valence-electron chi connectivity index (χ2n) is 3.80. The molecular weight excluding hydrogens is 223 g/mol. The first-order valence-corrected chi connectivity index (χ1v) is 5.24. The molecule has 1 atom stereocenters. The van der Waals surface area contributed by atoms with Gasteiger partial charge in [-0.1, -0.05) is 0 Å². The molecule has 0 bridgehead atoms. The van der Waals surface area contributed by atoms with Gasteiger partial charge in [0.15, 0.2) is 11.6 Å². The maximum atomic E-state index is 13.6. The summed E-state index contributed by atoms with van der Waals surface area (Å²) >= 11 is 0. The Labute approximate surface area is 98.1 Å². The molecule has 2 aromatic heterocycles. The van der Waals surface area contributed by atoms with Crippen molar-refractivity contribution in [2.45, 2.75) is 26.8 Å². The molecule has 0 spiro atoms. The predicted octanol–water partition coefficient (Wildman–Crippen LogP) is 2.39. The van der Waals surface area contributed by atoms with E-state index in [0.29, 0.717) is 17.3 Å². The normalized spacial score (nSPS) is 12.5. The number of aromatic nitrogens is 3. The van der Waals surface area contributed by atoms with Crippen LogP contribution in [0.5, 0.6) is 0 Å². The quantitative estimate of drug-likeness (QED) is 0.886. The van der Waals surface area contributed by atoms with Crippen molar-refractivity contribution in [3.05, 3.63) is 35.7 Å². The van der Waals surface area contributed by atoms with E-state index in [-0.39, 0.29) is 11.9 Å². The SMILES string of the molecule is Cc1cnc(C(C)Nc2ncnc(C)c2F)o1. The fourth-order valence-electron chi connectivity index (χ4n) is 1.40. The molecule has 5 nitrogen and oxygen atoms in total. The van der Waals surface area contributed by atoms with Crippen molar-refractivity contribution < 1.29 is 8.81 Å². The summed E-state index contributed by atoms with van der Waals surface area (Å²) in [6, 6.07) is -0.257. The first kappa shape index (κ1) is 11.5. The lowest BCUT2D eigenvalue weighted by Crippen LogP contribution is -2.10. The van der Waals surface area contributed by atoms with E-state index < -0.39 is 5.82 Å². The van der Waals surface area contributed by atoms with Crippen molar-refractivity contribution in [3.8, 4) is 0 Å². The molecule has 0 saturated heterocycles. The number of aryl methyl sites for hydroxylation is 2. The van der Waals surface area contributed by atoms with Crippen LogP contribution >= 0.6 is 0 Å². The fraction of sp³-hybridized carbons (Fsp3) is 0.364. The summed E-state index contributed by atoms with van der Waals surface area (Å²) in [4.78, 5) is 11.7. The smallest absolute Gasteiger partial charge is 0.216 e. The number of anilines is 1. The van der Waals surface area contributed by atoms with Gasteiger partial charge in [-0.2, -0.15) is 0 Å². The first-order chi connectivity index (χ1) is 8.08. The first-order valence-electron chi connectivity index (χ1n) is 5.24. The molecule has 0 aliphatic carbocycles. The van der Waals surface area contributed by atoms with Gasteiger partial charge >= 0.3 is 0 Å². The van der Waals surface area contributed by atoms with Gasteiger partial charge in [0.25, 0.3) is 0 Å². The van der Waals surface area contributed by atoms with Crippen molar-refractivity contribution in [2.75, 3.05) is 5.32 Å². The molecule has 0 fully saturated rings. The van der Waals surface area contributed by atoms with Crippen molar-refractivity contribution >= 4 is 5.82 Å². The highest BCUT2D eigenvalue weighted by Crippen LogP contribution is 2.20. The van der Waals surface area contributed by atoms with Gasteiger partial charge in [0.2, 0.25) is 5.89 Å². The lowest BCUT2D eigenvalue weighted by molar-refractivity contribution is 0.452. The van der Waals surface area contributed by atoms with Gasteiger partial charge in [-0.05, 0) is 20.8 Å².